The average molecular weight is 380 g/mol. The van der Waals surface area contributed by atoms with Gasteiger partial charge in [0.1, 0.15) is 23.8 Å². The topological polar surface area (TPSA) is 41.9 Å². The molecular weight excluding hydrogens is 345 g/mol. The van der Waals surface area contributed by atoms with Crippen LogP contribution in [0.1, 0.15) is 46.5 Å². The van der Waals surface area contributed by atoms with Crippen LogP contribution in [0.5, 0.6) is 5.75 Å². The third-order valence-corrected chi connectivity index (χ3v) is 6.13. The van der Waals surface area contributed by atoms with Gasteiger partial charge in [0.2, 0.25) is 0 Å². The summed E-state index contributed by atoms with van der Waals surface area (Å²) in [4.78, 5) is 2.38. The molecule has 0 amide bonds. The van der Waals surface area contributed by atoms with Crippen LogP contribution >= 0.6 is 0 Å². The van der Waals surface area contributed by atoms with Gasteiger partial charge in [-0.15, -0.1) is 0 Å². The Kier molecular flexibility index (Phi) is 6.44. The predicted molar refractivity (Wildman–Crippen MR) is 104 cm³/mol. The SMILES string of the molecule is CC(C)(C)C1CCC(N2CCOC[C@](O)(COc3cccc(F)c3)C2)CC1. The van der Waals surface area contributed by atoms with Crippen molar-refractivity contribution in [1.82, 2.24) is 4.90 Å². The molecule has 27 heavy (non-hydrogen) atoms. The number of hydrogen-bond acceptors (Lipinski definition) is 4. The Morgan fingerprint density at radius 3 is 2.67 bits per heavy atom. The fourth-order valence-electron chi connectivity index (χ4n) is 4.43. The molecular formula is C22H34FNO3. The minimum Gasteiger partial charge on any atom is -0.490 e. The molecule has 0 unspecified atom stereocenters. The lowest BCUT2D eigenvalue weighted by Gasteiger charge is -2.42. The van der Waals surface area contributed by atoms with Gasteiger partial charge in [-0.25, -0.2) is 4.39 Å². The van der Waals surface area contributed by atoms with E-state index in [1.165, 1.54) is 37.8 Å². The summed E-state index contributed by atoms with van der Waals surface area (Å²) in [5.41, 5.74) is -0.712. The number of halogens is 1. The first-order valence-electron chi connectivity index (χ1n) is 10.2. The highest BCUT2D eigenvalue weighted by atomic mass is 19.1. The number of nitrogens with zero attached hydrogens (tertiary/aromatic N) is 1. The molecule has 2 aliphatic rings. The van der Waals surface area contributed by atoms with E-state index < -0.39 is 5.60 Å². The minimum absolute atomic E-state index is 0.101. The third kappa shape index (κ3) is 5.66. The molecule has 1 aromatic carbocycles. The highest BCUT2D eigenvalue weighted by Gasteiger charge is 2.38. The molecule has 0 radical (unpaired) electrons. The maximum atomic E-state index is 13.3. The molecule has 1 aliphatic heterocycles. The molecule has 0 bridgehead atoms. The molecule has 1 aromatic rings. The quantitative estimate of drug-likeness (QED) is 0.862. The molecule has 1 atom stereocenters. The number of ether oxygens (including phenoxy) is 2. The highest BCUT2D eigenvalue weighted by molar-refractivity contribution is 5.22. The Bertz CT molecular complexity index is 610. The van der Waals surface area contributed by atoms with E-state index in [4.69, 9.17) is 9.47 Å². The second kappa shape index (κ2) is 8.46. The van der Waals surface area contributed by atoms with E-state index in [0.717, 1.165) is 12.5 Å². The second-order valence-corrected chi connectivity index (χ2v) is 9.36. The first-order chi connectivity index (χ1) is 12.8. The molecule has 1 heterocycles. The Balaban J connectivity index is 1.58. The zero-order valence-electron chi connectivity index (χ0n) is 16.9. The van der Waals surface area contributed by atoms with Gasteiger partial charge >= 0.3 is 0 Å². The van der Waals surface area contributed by atoms with Gasteiger partial charge in [-0.1, -0.05) is 26.8 Å². The van der Waals surface area contributed by atoms with Crippen molar-refractivity contribution < 1.29 is 19.0 Å². The summed E-state index contributed by atoms with van der Waals surface area (Å²) in [6.45, 7) is 9.35. The summed E-state index contributed by atoms with van der Waals surface area (Å²) in [7, 11) is 0. The van der Waals surface area contributed by atoms with E-state index in [1.807, 2.05) is 0 Å². The van der Waals surface area contributed by atoms with Crippen molar-refractivity contribution in [3.8, 4) is 5.75 Å². The lowest BCUT2D eigenvalue weighted by molar-refractivity contribution is -0.0691. The van der Waals surface area contributed by atoms with Crippen LogP contribution in [0.15, 0.2) is 24.3 Å². The number of aliphatic hydroxyl groups is 1. The zero-order valence-corrected chi connectivity index (χ0v) is 16.9. The van der Waals surface area contributed by atoms with Gasteiger partial charge in [0, 0.05) is 25.2 Å². The molecule has 1 saturated carbocycles. The molecule has 3 rings (SSSR count). The standard InChI is InChI=1S/C22H34FNO3/c1-21(2,3)17-7-9-19(10-8-17)24-11-12-26-15-22(25,14-24)16-27-20-6-4-5-18(23)13-20/h4-6,13,17,19,25H,7-12,14-16H2,1-3H3/t17?,19?,22-/m0/s1. The molecule has 2 fully saturated rings. The largest absolute Gasteiger partial charge is 0.490 e. The van der Waals surface area contributed by atoms with Crippen LogP contribution in [0, 0.1) is 17.2 Å². The van der Waals surface area contributed by atoms with Crippen LogP contribution < -0.4 is 4.74 Å². The van der Waals surface area contributed by atoms with E-state index in [9.17, 15) is 9.50 Å². The maximum absolute atomic E-state index is 13.3. The van der Waals surface area contributed by atoms with Crippen molar-refractivity contribution in [1.29, 1.82) is 0 Å². The van der Waals surface area contributed by atoms with Gasteiger partial charge in [-0.2, -0.15) is 0 Å². The molecule has 5 heteroatoms. The van der Waals surface area contributed by atoms with Crippen molar-refractivity contribution in [3.63, 3.8) is 0 Å². The number of β-amino-alcohol motifs (C(OH)–C–C–N with tert-alkyl or cyclic N) is 1. The molecule has 152 valence electrons. The first-order valence-corrected chi connectivity index (χ1v) is 10.2. The Morgan fingerprint density at radius 2 is 2.00 bits per heavy atom. The Morgan fingerprint density at radius 1 is 1.26 bits per heavy atom. The van der Waals surface area contributed by atoms with Gasteiger partial charge in [0.05, 0.1) is 13.2 Å². The van der Waals surface area contributed by atoms with E-state index >= 15 is 0 Å². The summed E-state index contributed by atoms with van der Waals surface area (Å²) in [5, 5.41) is 11.1. The lowest BCUT2D eigenvalue weighted by atomic mass is 9.71. The van der Waals surface area contributed by atoms with E-state index in [2.05, 4.69) is 25.7 Å². The average Bonchev–Trinajstić information content (AvgIpc) is 2.82. The van der Waals surface area contributed by atoms with Crippen molar-refractivity contribution >= 4 is 0 Å². The van der Waals surface area contributed by atoms with Gasteiger partial charge < -0.3 is 14.6 Å². The van der Waals surface area contributed by atoms with Gasteiger partial charge in [0.15, 0.2) is 0 Å². The van der Waals surface area contributed by atoms with E-state index in [1.54, 1.807) is 12.1 Å². The monoisotopic (exact) mass is 379 g/mol. The van der Waals surface area contributed by atoms with Crippen LogP contribution in [0.25, 0.3) is 0 Å². The zero-order chi connectivity index (χ0) is 19.5. The van der Waals surface area contributed by atoms with Crippen molar-refractivity contribution in [2.75, 3.05) is 32.9 Å². The first kappa shape index (κ1) is 20.6. The fraction of sp³-hybridized carbons (Fsp3) is 0.727. The summed E-state index contributed by atoms with van der Waals surface area (Å²) < 4.78 is 24.7. The number of rotatable bonds is 4. The lowest BCUT2D eigenvalue weighted by Crippen LogP contribution is -2.52. The van der Waals surface area contributed by atoms with Gasteiger partial charge in [0.25, 0.3) is 0 Å². The van der Waals surface area contributed by atoms with E-state index in [-0.39, 0.29) is 19.0 Å². The van der Waals surface area contributed by atoms with Gasteiger partial charge in [-0.05, 0) is 49.1 Å². The van der Waals surface area contributed by atoms with Crippen molar-refractivity contribution in [3.05, 3.63) is 30.1 Å². The number of benzene rings is 1. The van der Waals surface area contributed by atoms with Crippen molar-refractivity contribution in [2.45, 2.75) is 58.1 Å². The second-order valence-electron chi connectivity index (χ2n) is 9.36. The normalized spacial score (nSPS) is 30.7. The minimum atomic E-state index is -1.08. The van der Waals surface area contributed by atoms with E-state index in [0.29, 0.717) is 30.4 Å². The molecule has 1 saturated heterocycles. The molecule has 4 nitrogen and oxygen atoms in total. The van der Waals surface area contributed by atoms with Crippen LogP contribution in [0.4, 0.5) is 4.39 Å². The van der Waals surface area contributed by atoms with Crippen LogP contribution in [0.3, 0.4) is 0 Å². The molecule has 1 aliphatic carbocycles. The third-order valence-electron chi connectivity index (χ3n) is 6.13. The highest BCUT2D eigenvalue weighted by Crippen LogP contribution is 2.39. The molecule has 0 aromatic heterocycles. The summed E-state index contributed by atoms with van der Waals surface area (Å²) in [6, 6.07) is 6.53. The molecule has 1 N–H and O–H groups in total. The number of hydrogen-bond donors (Lipinski definition) is 1. The Hall–Kier alpha value is -1.17. The fourth-order valence-corrected chi connectivity index (χ4v) is 4.43. The van der Waals surface area contributed by atoms with Crippen LogP contribution in [-0.4, -0.2) is 54.6 Å². The maximum Gasteiger partial charge on any atom is 0.134 e. The van der Waals surface area contributed by atoms with Gasteiger partial charge in [-0.3, -0.25) is 4.90 Å². The summed E-state index contributed by atoms with van der Waals surface area (Å²) in [5.74, 6) is 0.867. The summed E-state index contributed by atoms with van der Waals surface area (Å²) in [6.07, 6.45) is 4.82. The molecule has 0 spiro atoms. The van der Waals surface area contributed by atoms with Crippen LogP contribution in [0.2, 0.25) is 0 Å². The van der Waals surface area contributed by atoms with Crippen molar-refractivity contribution in [2.24, 2.45) is 11.3 Å². The van der Waals surface area contributed by atoms with Crippen LogP contribution in [-0.2, 0) is 4.74 Å². The predicted octanol–water partition coefficient (Wildman–Crippen LogP) is 3.87. The Labute approximate surface area is 162 Å². The summed E-state index contributed by atoms with van der Waals surface area (Å²) >= 11 is 0. The smallest absolute Gasteiger partial charge is 0.134 e.